The molecule has 0 aromatic carbocycles. The Morgan fingerprint density at radius 3 is 2.85 bits per heavy atom. The summed E-state index contributed by atoms with van der Waals surface area (Å²) in [6.07, 6.45) is 8.33. The molecule has 0 aliphatic carbocycles. The van der Waals surface area contributed by atoms with Crippen molar-refractivity contribution in [3.63, 3.8) is 0 Å². The Balaban J connectivity index is 2.45. The fraction of sp³-hybridized carbons (Fsp3) is 0.500. The van der Waals surface area contributed by atoms with Crippen LogP contribution < -0.4 is 5.32 Å². The highest BCUT2D eigenvalue weighted by molar-refractivity contribution is 5.80. The monoisotopic (exact) mass is 177 g/mol. The fourth-order valence-corrected chi connectivity index (χ4v) is 1.26. The molecule has 0 aromatic rings. The summed E-state index contributed by atoms with van der Waals surface area (Å²) in [7, 11) is 0. The summed E-state index contributed by atoms with van der Waals surface area (Å²) in [5.41, 5.74) is 0. The lowest BCUT2D eigenvalue weighted by molar-refractivity contribution is 0.356. The molecule has 3 heteroatoms. The van der Waals surface area contributed by atoms with Gasteiger partial charge in [0.2, 0.25) is 0 Å². The van der Waals surface area contributed by atoms with E-state index in [1.165, 1.54) is 0 Å². The highest BCUT2D eigenvalue weighted by Gasteiger charge is 2.09. The molecule has 1 saturated heterocycles. The molecule has 1 heterocycles. The van der Waals surface area contributed by atoms with Gasteiger partial charge in [-0.3, -0.25) is 0 Å². The van der Waals surface area contributed by atoms with Crippen LogP contribution in [0.15, 0.2) is 17.3 Å². The van der Waals surface area contributed by atoms with Gasteiger partial charge in [0, 0.05) is 38.5 Å². The number of rotatable bonds is 1. The maximum atomic E-state index is 5.06. The van der Waals surface area contributed by atoms with Gasteiger partial charge in [-0.05, 0) is 6.92 Å². The van der Waals surface area contributed by atoms with Gasteiger partial charge in [0.25, 0.3) is 0 Å². The van der Waals surface area contributed by atoms with E-state index in [1.807, 2.05) is 6.92 Å². The van der Waals surface area contributed by atoms with Crippen molar-refractivity contribution in [2.45, 2.75) is 6.92 Å². The Morgan fingerprint density at radius 2 is 2.23 bits per heavy atom. The number of amidine groups is 1. The topological polar surface area (TPSA) is 27.6 Å². The van der Waals surface area contributed by atoms with Crippen LogP contribution in [0.25, 0.3) is 0 Å². The van der Waals surface area contributed by atoms with E-state index in [0.717, 1.165) is 32.0 Å². The number of nitrogens with zero attached hydrogens (tertiary/aromatic N) is 2. The number of hydrogen-bond acceptors (Lipinski definition) is 2. The number of hydrogen-bond donors (Lipinski definition) is 1. The SMILES string of the molecule is C#C/C=C\N=C(C)N1CCNCC1. The summed E-state index contributed by atoms with van der Waals surface area (Å²) in [5.74, 6) is 3.44. The Kier molecular flexibility index (Phi) is 4.07. The van der Waals surface area contributed by atoms with Crippen molar-refractivity contribution in [2.24, 2.45) is 4.99 Å². The van der Waals surface area contributed by atoms with Crippen LogP contribution in [0.3, 0.4) is 0 Å². The molecule has 0 atom stereocenters. The average Bonchev–Trinajstić information content (AvgIpc) is 2.19. The molecule has 0 spiro atoms. The van der Waals surface area contributed by atoms with Gasteiger partial charge in [-0.2, -0.15) is 0 Å². The maximum Gasteiger partial charge on any atom is 0.101 e. The number of allylic oxidation sites excluding steroid dienone is 1. The molecule has 0 saturated carbocycles. The van der Waals surface area contributed by atoms with Crippen LogP contribution in [0, 0.1) is 12.3 Å². The maximum absolute atomic E-state index is 5.06. The smallest absolute Gasteiger partial charge is 0.101 e. The van der Waals surface area contributed by atoms with Crippen molar-refractivity contribution in [3.05, 3.63) is 12.3 Å². The normalized spacial score (nSPS) is 19.1. The molecule has 1 fully saturated rings. The molecule has 13 heavy (non-hydrogen) atoms. The van der Waals surface area contributed by atoms with Gasteiger partial charge < -0.3 is 10.2 Å². The van der Waals surface area contributed by atoms with E-state index in [9.17, 15) is 0 Å². The van der Waals surface area contributed by atoms with Crippen LogP contribution in [0.4, 0.5) is 0 Å². The molecule has 1 aliphatic rings. The fourth-order valence-electron chi connectivity index (χ4n) is 1.26. The Bertz CT molecular complexity index is 241. The third-order valence-corrected chi connectivity index (χ3v) is 2.01. The van der Waals surface area contributed by atoms with E-state index in [4.69, 9.17) is 6.42 Å². The molecule has 0 radical (unpaired) electrons. The first-order chi connectivity index (χ1) is 6.34. The van der Waals surface area contributed by atoms with Gasteiger partial charge in [-0.25, -0.2) is 4.99 Å². The highest BCUT2D eigenvalue weighted by Crippen LogP contribution is 1.95. The summed E-state index contributed by atoms with van der Waals surface area (Å²) in [6, 6.07) is 0. The van der Waals surface area contributed by atoms with Crippen molar-refractivity contribution in [1.82, 2.24) is 10.2 Å². The molecule has 0 bridgehead atoms. The second-order valence-electron chi connectivity index (χ2n) is 2.90. The molecular weight excluding hydrogens is 162 g/mol. The van der Waals surface area contributed by atoms with Crippen LogP contribution >= 0.6 is 0 Å². The van der Waals surface area contributed by atoms with Crippen molar-refractivity contribution >= 4 is 5.84 Å². The minimum atomic E-state index is 1.03. The zero-order valence-electron chi connectivity index (χ0n) is 7.95. The summed E-state index contributed by atoms with van der Waals surface area (Å²) in [4.78, 5) is 6.48. The number of aliphatic imine (C=N–C) groups is 1. The zero-order valence-corrected chi connectivity index (χ0v) is 7.95. The van der Waals surface area contributed by atoms with Crippen molar-refractivity contribution in [3.8, 4) is 12.3 Å². The zero-order chi connectivity index (χ0) is 9.52. The van der Waals surface area contributed by atoms with Gasteiger partial charge in [0.1, 0.15) is 5.84 Å². The lowest BCUT2D eigenvalue weighted by atomic mass is 10.3. The van der Waals surface area contributed by atoms with Crippen LogP contribution in [0.2, 0.25) is 0 Å². The second kappa shape index (κ2) is 5.39. The summed E-state index contributed by atoms with van der Waals surface area (Å²) in [5, 5.41) is 3.29. The van der Waals surface area contributed by atoms with Gasteiger partial charge in [0.05, 0.1) is 0 Å². The van der Waals surface area contributed by atoms with Gasteiger partial charge in [0.15, 0.2) is 0 Å². The Morgan fingerprint density at radius 1 is 1.54 bits per heavy atom. The van der Waals surface area contributed by atoms with Crippen molar-refractivity contribution < 1.29 is 0 Å². The minimum Gasteiger partial charge on any atom is -0.358 e. The van der Waals surface area contributed by atoms with E-state index in [1.54, 1.807) is 12.3 Å². The molecule has 1 aliphatic heterocycles. The molecule has 0 amide bonds. The first-order valence-electron chi connectivity index (χ1n) is 4.46. The van der Waals surface area contributed by atoms with Crippen LogP contribution in [-0.4, -0.2) is 36.9 Å². The number of nitrogens with one attached hydrogen (secondary N) is 1. The highest BCUT2D eigenvalue weighted by atomic mass is 15.2. The minimum absolute atomic E-state index is 1.03. The first kappa shape index (κ1) is 9.82. The van der Waals surface area contributed by atoms with Gasteiger partial charge in [-0.15, -0.1) is 6.42 Å². The molecule has 1 N–H and O–H groups in total. The molecule has 0 aromatic heterocycles. The Labute approximate surface area is 79.5 Å². The summed E-state index contributed by atoms with van der Waals surface area (Å²) >= 11 is 0. The quantitative estimate of drug-likeness (QED) is 0.358. The van der Waals surface area contributed by atoms with Gasteiger partial charge in [-0.1, -0.05) is 5.92 Å². The molecule has 0 unspecified atom stereocenters. The average molecular weight is 177 g/mol. The van der Waals surface area contributed by atoms with Crippen molar-refractivity contribution in [1.29, 1.82) is 0 Å². The third-order valence-electron chi connectivity index (χ3n) is 2.01. The predicted octanol–water partition coefficient (Wildman–Crippen LogP) is 0.457. The predicted molar refractivity (Wildman–Crippen MR) is 55.5 cm³/mol. The molecule has 1 rings (SSSR count). The van der Waals surface area contributed by atoms with Crippen molar-refractivity contribution in [2.75, 3.05) is 26.2 Å². The van der Waals surface area contributed by atoms with E-state index in [-0.39, 0.29) is 0 Å². The largest absolute Gasteiger partial charge is 0.358 e. The van der Waals surface area contributed by atoms with Crippen LogP contribution in [0.1, 0.15) is 6.92 Å². The standard InChI is InChI=1S/C10H15N3/c1-3-4-5-12-10(2)13-8-6-11-7-9-13/h1,4-5,11H,6-9H2,2H3/b5-4-,12-10?. The lowest BCUT2D eigenvalue weighted by Gasteiger charge is -2.28. The lowest BCUT2D eigenvalue weighted by Crippen LogP contribution is -2.45. The van der Waals surface area contributed by atoms with Gasteiger partial charge >= 0.3 is 0 Å². The van der Waals surface area contributed by atoms with E-state index in [2.05, 4.69) is 21.1 Å². The third kappa shape index (κ3) is 3.30. The molecule has 3 nitrogen and oxygen atoms in total. The van der Waals surface area contributed by atoms with E-state index >= 15 is 0 Å². The second-order valence-corrected chi connectivity index (χ2v) is 2.90. The van der Waals surface area contributed by atoms with E-state index < -0.39 is 0 Å². The Hall–Kier alpha value is -1.27. The number of terminal acetylenes is 1. The molecular formula is C10H15N3. The number of piperazine rings is 1. The first-order valence-corrected chi connectivity index (χ1v) is 4.46. The summed E-state index contributed by atoms with van der Waals surface area (Å²) in [6.45, 7) is 6.13. The van der Waals surface area contributed by atoms with E-state index in [0.29, 0.717) is 0 Å². The van der Waals surface area contributed by atoms with Crippen LogP contribution in [0.5, 0.6) is 0 Å². The van der Waals surface area contributed by atoms with Crippen LogP contribution in [-0.2, 0) is 0 Å². The molecule has 70 valence electrons. The summed E-state index contributed by atoms with van der Waals surface area (Å²) < 4.78 is 0.